The highest BCUT2D eigenvalue weighted by Gasteiger charge is 2.58. The number of aliphatic hydroxyl groups is 9. The molecule has 27 atom stereocenters. The first-order chi connectivity index (χ1) is 37.8. The number of rotatable bonds is 16. The van der Waals surface area contributed by atoms with Crippen molar-refractivity contribution in [3.63, 3.8) is 0 Å². The Kier molecular flexibility index (Phi) is 27.1. The van der Waals surface area contributed by atoms with Crippen molar-refractivity contribution in [3.05, 3.63) is 0 Å². The molecule has 5 rings (SSSR count). The molecule has 5 aliphatic heterocycles. The Morgan fingerprint density at radius 3 is 1.64 bits per heavy atom. The summed E-state index contributed by atoms with van der Waals surface area (Å²) >= 11 is 0. The summed E-state index contributed by atoms with van der Waals surface area (Å²) in [7, 11) is 0. The second-order valence-corrected chi connectivity index (χ2v) is 22.7. The zero-order valence-corrected chi connectivity index (χ0v) is 48.0. The Morgan fingerprint density at radius 2 is 1.04 bits per heavy atom. The molecule has 0 saturated carbocycles. The third-order valence-electron chi connectivity index (χ3n) is 16.1. The van der Waals surface area contributed by atoms with Crippen LogP contribution in [-0.4, -0.2) is 224 Å². The minimum atomic E-state index is -2.08. The van der Waals surface area contributed by atoms with Gasteiger partial charge in [-0.15, -0.1) is 0 Å². The zero-order valence-electron chi connectivity index (χ0n) is 48.0. The lowest BCUT2D eigenvalue weighted by molar-refractivity contribution is -0.399. The minimum absolute atomic E-state index is 0.127. The van der Waals surface area contributed by atoms with E-state index in [1.807, 2.05) is 0 Å². The lowest BCUT2D eigenvalue weighted by Crippen LogP contribution is -2.68. The lowest BCUT2D eigenvalue weighted by Gasteiger charge is -2.50. The van der Waals surface area contributed by atoms with E-state index in [1.54, 1.807) is 6.92 Å². The minimum Gasteiger partial charge on any atom is -0.463 e. The molecule has 0 unspecified atom stereocenters. The predicted molar refractivity (Wildman–Crippen MR) is 276 cm³/mol. The largest absolute Gasteiger partial charge is 0.463 e. The summed E-state index contributed by atoms with van der Waals surface area (Å²) in [6.45, 7) is 14.1. The first-order valence-electron chi connectivity index (χ1n) is 28.9. The van der Waals surface area contributed by atoms with Crippen molar-refractivity contribution < 1.29 is 122 Å². The van der Waals surface area contributed by atoms with Crippen molar-refractivity contribution in [2.75, 3.05) is 6.61 Å². The van der Waals surface area contributed by atoms with E-state index in [1.165, 1.54) is 55.4 Å². The fraction of sp³-hybridized carbons (Fsp3) is 0.927. The van der Waals surface area contributed by atoms with E-state index >= 15 is 0 Å². The smallest absolute Gasteiger partial charge is 0.311 e. The molecule has 2 bridgehead atoms. The van der Waals surface area contributed by atoms with E-state index in [4.69, 9.17) is 56.8 Å². The van der Waals surface area contributed by atoms with Crippen LogP contribution in [0.3, 0.4) is 0 Å². The number of fused-ring (bicyclic) bond motifs is 4. The van der Waals surface area contributed by atoms with Crippen molar-refractivity contribution in [3.8, 4) is 0 Å². The van der Waals surface area contributed by atoms with E-state index in [2.05, 4.69) is 6.92 Å². The summed E-state index contributed by atoms with van der Waals surface area (Å²) < 4.78 is 74.1. The monoisotopic (exact) mass is 1150 g/mol. The van der Waals surface area contributed by atoms with Gasteiger partial charge in [-0.1, -0.05) is 64.7 Å². The van der Waals surface area contributed by atoms with Gasteiger partial charge in [-0.25, -0.2) is 0 Å². The molecule has 0 aromatic rings. The number of carbonyl (C=O) groups is 4. The maximum absolute atomic E-state index is 14.1. The quantitative estimate of drug-likeness (QED) is 0.0593. The van der Waals surface area contributed by atoms with Crippen molar-refractivity contribution in [2.24, 2.45) is 17.8 Å². The highest BCUT2D eigenvalue weighted by Crippen LogP contribution is 2.38. The lowest BCUT2D eigenvalue weighted by atomic mass is 9.95. The molecule has 5 saturated heterocycles. The fourth-order valence-corrected chi connectivity index (χ4v) is 10.0. The van der Waals surface area contributed by atoms with Crippen molar-refractivity contribution >= 4 is 23.9 Å². The first kappa shape index (κ1) is 68.0. The molecule has 0 spiro atoms. The Morgan fingerprint density at radius 1 is 0.525 bits per heavy atom. The molecule has 0 aromatic carbocycles. The topological polar surface area (TPSA) is 361 Å². The van der Waals surface area contributed by atoms with Crippen LogP contribution in [0.1, 0.15) is 153 Å². The van der Waals surface area contributed by atoms with E-state index in [0.717, 1.165) is 51.4 Å². The number of hydrogen-bond donors (Lipinski definition) is 9. The van der Waals surface area contributed by atoms with Gasteiger partial charge in [0, 0.05) is 6.42 Å². The van der Waals surface area contributed by atoms with Gasteiger partial charge in [0.1, 0.15) is 67.6 Å². The molecule has 0 aliphatic carbocycles. The van der Waals surface area contributed by atoms with Crippen molar-refractivity contribution in [2.45, 2.75) is 300 Å². The molecule has 0 aromatic heterocycles. The summed E-state index contributed by atoms with van der Waals surface area (Å²) in [4.78, 5) is 54.0. The van der Waals surface area contributed by atoms with Crippen LogP contribution in [0.5, 0.6) is 0 Å². The Hall–Kier alpha value is -2.80. The number of esters is 4. The van der Waals surface area contributed by atoms with Crippen LogP contribution < -0.4 is 0 Å². The van der Waals surface area contributed by atoms with Gasteiger partial charge >= 0.3 is 23.9 Å². The third-order valence-corrected chi connectivity index (χ3v) is 16.1. The molecule has 5 heterocycles. The Labute approximate surface area is 469 Å². The maximum atomic E-state index is 14.1. The number of aliphatic hydroxyl groups excluding tert-OH is 9. The summed E-state index contributed by atoms with van der Waals surface area (Å²) in [5, 5.41) is 101. The van der Waals surface area contributed by atoms with Crippen LogP contribution in [0, 0.1) is 17.8 Å². The van der Waals surface area contributed by atoms with Crippen molar-refractivity contribution in [1.29, 1.82) is 0 Å². The summed E-state index contributed by atoms with van der Waals surface area (Å²) in [6, 6.07) is 0. The average molecular weight is 1160 g/mol. The number of carbonyl (C=O) groups excluding carboxylic acids is 4. The van der Waals surface area contributed by atoms with E-state index < -0.39 is 195 Å². The van der Waals surface area contributed by atoms with Crippen LogP contribution >= 0.6 is 0 Å². The highest BCUT2D eigenvalue weighted by atomic mass is 16.8. The molecule has 25 nitrogen and oxygen atoms in total. The molecule has 464 valence electrons. The number of ether oxygens (including phenoxy) is 12. The van der Waals surface area contributed by atoms with Gasteiger partial charge in [-0.2, -0.15) is 0 Å². The van der Waals surface area contributed by atoms with Gasteiger partial charge in [0.15, 0.2) is 43.5 Å². The van der Waals surface area contributed by atoms with Gasteiger partial charge < -0.3 is 103 Å². The fourth-order valence-electron chi connectivity index (χ4n) is 10.0. The van der Waals surface area contributed by atoms with Gasteiger partial charge in [0.05, 0.1) is 60.5 Å². The molecular weight excluding hydrogens is 1060 g/mol. The molecule has 25 heteroatoms. The standard InChI is InChI=1S/C55H94O25/c1-11-12-18-21-34-22-19-16-14-13-15-17-20-23-36(59)75-47-44(78-52-42(65)41(64)43(32(9)71-52)76-50(67)26(3)29(6)57)33(10)72-55(48(47)77-51(68)27(4)30(7)58)80-46-40(63)38(61)35(24-69-49(66)25(2)28(5)56)74-54(46)79-45-39(62)37(60)31(8)70-53(45)73-34/h25-35,37-48,52-58,60-65H,11-24H2,1-10H3/t25-,26-,27-,28+,29+,30+,31-,32-,33+,34+,35-,37-,38-,39+,40+,41-,42-,43-,44+,45-,46-,47-,48-,52+,53+,54+,55+/m1/s1. The third kappa shape index (κ3) is 18.1. The maximum Gasteiger partial charge on any atom is 0.311 e. The SMILES string of the molecule is CCCCC[C@H]1CCCCCCCCCC(=O)O[C@@H]2[C@@H](O[C@@H]3O[C@H](C)[C@@H](OC(=O)[C@H](C)[C@H](C)O)[C@H](O)[C@H]3O)[C@H](C)O[C@@H](O[C@H]3[C@H](O[C@H]4[C@H](O1)O[C@H](C)[C@@H](O)[C@@H]4O)O[C@H](COC(=O)[C@H](C)[C@H](C)O)[C@@H](O)[C@@H]3O)[C@@H]2OC(=O)[C@H](C)[C@H](C)O. The van der Waals surface area contributed by atoms with E-state index in [9.17, 15) is 65.1 Å². The van der Waals surface area contributed by atoms with E-state index in [0.29, 0.717) is 25.7 Å². The summed E-state index contributed by atoms with van der Waals surface area (Å²) in [5.74, 6) is -6.87. The van der Waals surface area contributed by atoms with Crippen LogP contribution in [-0.2, 0) is 76.0 Å². The first-order valence-corrected chi connectivity index (χ1v) is 28.9. The normalized spacial score (nSPS) is 40.5. The number of hydrogen-bond acceptors (Lipinski definition) is 25. The predicted octanol–water partition coefficient (Wildman–Crippen LogP) is 1.09. The number of unbranched alkanes of at least 4 members (excludes halogenated alkanes) is 2. The second kappa shape index (κ2) is 31.9. The molecule has 9 N–H and O–H groups in total. The summed E-state index contributed by atoms with van der Waals surface area (Å²) in [6.07, 6.45) is -28.3. The Bertz CT molecular complexity index is 1890. The van der Waals surface area contributed by atoms with Gasteiger partial charge in [-0.3, -0.25) is 19.2 Å². The average Bonchev–Trinajstić information content (AvgIpc) is 3.58. The molecule has 0 radical (unpaired) electrons. The molecule has 5 aliphatic rings. The van der Waals surface area contributed by atoms with Crippen LogP contribution in [0.4, 0.5) is 0 Å². The van der Waals surface area contributed by atoms with E-state index in [-0.39, 0.29) is 6.42 Å². The van der Waals surface area contributed by atoms with Crippen LogP contribution in [0.15, 0.2) is 0 Å². The highest BCUT2D eigenvalue weighted by molar-refractivity contribution is 5.74. The van der Waals surface area contributed by atoms with Gasteiger partial charge in [0.25, 0.3) is 0 Å². The van der Waals surface area contributed by atoms with Crippen LogP contribution in [0.25, 0.3) is 0 Å². The summed E-state index contributed by atoms with van der Waals surface area (Å²) in [5.41, 5.74) is 0. The Balaban J connectivity index is 1.60. The molecule has 80 heavy (non-hydrogen) atoms. The molecule has 5 fully saturated rings. The molecule has 0 amide bonds. The zero-order chi connectivity index (χ0) is 59.3. The molecular formula is C55H94O25. The van der Waals surface area contributed by atoms with Crippen LogP contribution in [0.2, 0.25) is 0 Å². The van der Waals surface area contributed by atoms with Crippen molar-refractivity contribution in [1.82, 2.24) is 0 Å². The van der Waals surface area contributed by atoms with Gasteiger partial charge in [0.2, 0.25) is 0 Å². The second-order valence-electron chi connectivity index (χ2n) is 22.7. The van der Waals surface area contributed by atoms with Gasteiger partial charge in [-0.05, 0) is 81.6 Å².